The summed E-state index contributed by atoms with van der Waals surface area (Å²) in [6, 6.07) is 19.5. The standard InChI is InChI=1S/C28H28N4/c29-28(17-7-18-28)23-14-12-21(13-15-23)25-26(22-10-5-2-6-11-22)32-19-16-24(30-27(32)31-25)20-8-3-1-4-9-20/h1-6,8-10,12-16,19,22,25-26H,7,11,17-18,29H2. The third-order valence-corrected chi connectivity index (χ3v) is 7.34. The maximum atomic E-state index is 6.56. The number of nitrogens with zero attached hydrogens (tertiary/aromatic N) is 3. The molecule has 1 saturated carbocycles. The summed E-state index contributed by atoms with van der Waals surface area (Å²) < 4.78 is 0. The van der Waals surface area contributed by atoms with Crippen molar-refractivity contribution < 1.29 is 0 Å². The van der Waals surface area contributed by atoms with E-state index in [1.54, 1.807) is 0 Å². The highest BCUT2D eigenvalue weighted by Gasteiger charge is 2.42. The van der Waals surface area contributed by atoms with Crippen LogP contribution in [-0.2, 0) is 5.54 Å². The van der Waals surface area contributed by atoms with Gasteiger partial charge >= 0.3 is 0 Å². The van der Waals surface area contributed by atoms with Crippen molar-refractivity contribution in [3.05, 3.63) is 108 Å². The van der Waals surface area contributed by atoms with E-state index in [9.17, 15) is 0 Å². The lowest BCUT2D eigenvalue weighted by molar-refractivity contribution is 0.253. The number of benzene rings is 2. The molecule has 0 bridgehead atoms. The molecule has 4 aliphatic rings. The van der Waals surface area contributed by atoms with Crippen LogP contribution in [0.2, 0.25) is 0 Å². The summed E-state index contributed by atoms with van der Waals surface area (Å²) in [6.45, 7) is 0. The van der Waals surface area contributed by atoms with Gasteiger partial charge in [0.1, 0.15) is 6.04 Å². The highest BCUT2D eigenvalue weighted by Crippen LogP contribution is 2.42. The van der Waals surface area contributed by atoms with E-state index in [0.29, 0.717) is 5.92 Å². The molecule has 2 aromatic rings. The molecule has 0 saturated heterocycles. The van der Waals surface area contributed by atoms with Gasteiger partial charge in [0.05, 0.1) is 11.8 Å². The summed E-state index contributed by atoms with van der Waals surface area (Å²) in [7, 11) is 0. The fourth-order valence-electron chi connectivity index (χ4n) is 5.29. The van der Waals surface area contributed by atoms with Gasteiger partial charge in [0.2, 0.25) is 5.96 Å². The van der Waals surface area contributed by atoms with E-state index < -0.39 is 0 Å². The van der Waals surface area contributed by atoms with Crippen molar-refractivity contribution in [3.8, 4) is 0 Å². The maximum Gasteiger partial charge on any atom is 0.226 e. The summed E-state index contributed by atoms with van der Waals surface area (Å²) in [6.07, 6.45) is 17.5. The highest BCUT2D eigenvalue weighted by molar-refractivity contribution is 6.15. The van der Waals surface area contributed by atoms with Gasteiger partial charge < -0.3 is 10.6 Å². The molecule has 32 heavy (non-hydrogen) atoms. The number of hydrogen-bond acceptors (Lipinski definition) is 4. The van der Waals surface area contributed by atoms with Crippen LogP contribution in [0.5, 0.6) is 0 Å². The van der Waals surface area contributed by atoms with Crippen LogP contribution in [0.4, 0.5) is 0 Å². The van der Waals surface area contributed by atoms with Crippen LogP contribution < -0.4 is 5.73 Å². The van der Waals surface area contributed by atoms with E-state index >= 15 is 0 Å². The topological polar surface area (TPSA) is 54.0 Å². The predicted molar refractivity (Wildman–Crippen MR) is 130 cm³/mol. The van der Waals surface area contributed by atoms with Crippen LogP contribution in [-0.4, -0.2) is 22.6 Å². The minimum absolute atomic E-state index is 0.0406. The number of nitrogens with two attached hydrogens (primary N) is 1. The highest BCUT2D eigenvalue weighted by atomic mass is 15.4. The van der Waals surface area contributed by atoms with Crippen LogP contribution >= 0.6 is 0 Å². The third kappa shape index (κ3) is 3.26. The van der Waals surface area contributed by atoms with E-state index in [4.69, 9.17) is 15.7 Å². The Kier molecular flexibility index (Phi) is 4.69. The lowest BCUT2D eigenvalue weighted by Gasteiger charge is -2.39. The van der Waals surface area contributed by atoms with Crippen LogP contribution in [0.15, 0.2) is 101 Å². The van der Waals surface area contributed by atoms with Gasteiger partial charge in [-0.25, -0.2) is 9.98 Å². The Morgan fingerprint density at radius 3 is 2.47 bits per heavy atom. The molecule has 4 nitrogen and oxygen atoms in total. The summed E-state index contributed by atoms with van der Waals surface area (Å²) in [5, 5.41) is 0. The summed E-state index contributed by atoms with van der Waals surface area (Å²) in [4.78, 5) is 12.4. The van der Waals surface area contributed by atoms with Gasteiger partial charge in [-0.15, -0.1) is 0 Å². The molecule has 1 fully saturated rings. The van der Waals surface area contributed by atoms with Crippen molar-refractivity contribution in [1.29, 1.82) is 0 Å². The fourth-order valence-corrected chi connectivity index (χ4v) is 5.29. The Morgan fingerprint density at radius 1 is 0.969 bits per heavy atom. The van der Waals surface area contributed by atoms with Crippen LogP contribution in [0, 0.1) is 5.92 Å². The average Bonchev–Trinajstić information content (AvgIpc) is 3.22. The zero-order valence-corrected chi connectivity index (χ0v) is 18.1. The second-order valence-corrected chi connectivity index (χ2v) is 9.29. The van der Waals surface area contributed by atoms with Gasteiger partial charge in [0, 0.05) is 23.2 Å². The maximum absolute atomic E-state index is 6.56. The third-order valence-electron chi connectivity index (χ3n) is 7.34. The van der Waals surface area contributed by atoms with E-state index in [1.807, 2.05) is 18.2 Å². The van der Waals surface area contributed by atoms with Crippen molar-refractivity contribution >= 4 is 11.7 Å². The number of guanidine groups is 1. The van der Waals surface area contributed by atoms with Crippen LogP contribution in [0.1, 0.15) is 48.4 Å². The molecule has 2 N–H and O–H groups in total. The Balaban J connectivity index is 1.36. The molecule has 3 atom stereocenters. The van der Waals surface area contributed by atoms with Crippen molar-refractivity contribution in [1.82, 2.24) is 4.90 Å². The molecule has 2 aliphatic carbocycles. The van der Waals surface area contributed by atoms with Gasteiger partial charge in [-0.05, 0) is 42.9 Å². The second-order valence-electron chi connectivity index (χ2n) is 9.29. The smallest absolute Gasteiger partial charge is 0.226 e. The van der Waals surface area contributed by atoms with Crippen LogP contribution in [0.3, 0.4) is 0 Å². The molecule has 0 radical (unpaired) electrons. The minimum atomic E-state index is -0.133. The normalized spacial score (nSPS) is 27.5. The van der Waals surface area contributed by atoms with Gasteiger partial charge in [0.25, 0.3) is 0 Å². The van der Waals surface area contributed by atoms with Crippen molar-refractivity contribution in [2.45, 2.75) is 43.3 Å². The zero-order valence-electron chi connectivity index (χ0n) is 18.1. The largest absolute Gasteiger partial charge is 0.321 e. The van der Waals surface area contributed by atoms with E-state index in [1.165, 1.54) is 17.5 Å². The molecule has 4 heteroatoms. The number of allylic oxidation sites excluding steroid dienone is 4. The number of fused-ring (bicyclic) bond motifs is 1. The van der Waals surface area contributed by atoms with Crippen molar-refractivity contribution in [3.63, 3.8) is 0 Å². The molecule has 6 rings (SSSR count). The second kappa shape index (κ2) is 7.72. The first-order valence-corrected chi connectivity index (χ1v) is 11.6. The minimum Gasteiger partial charge on any atom is -0.321 e. The SMILES string of the molecule is NC1(c2ccc(C3N=C4N=C(c5ccccc5)C=CN4C3C3C=CC=CC3)cc2)CCC1. The fraction of sp³-hybridized carbons (Fsp3) is 0.286. The number of hydrogen-bond donors (Lipinski definition) is 1. The van der Waals surface area contributed by atoms with E-state index in [2.05, 4.69) is 77.9 Å². The number of aliphatic imine (C=N–C) groups is 2. The van der Waals surface area contributed by atoms with Crippen molar-refractivity contribution in [2.24, 2.45) is 21.6 Å². The molecule has 0 aromatic heterocycles. The lowest BCUT2D eigenvalue weighted by Crippen LogP contribution is -2.43. The van der Waals surface area contributed by atoms with Crippen molar-refractivity contribution in [2.75, 3.05) is 0 Å². The monoisotopic (exact) mass is 420 g/mol. The van der Waals surface area contributed by atoms with E-state index in [0.717, 1.165) is 36.5 Å². The zero-order chi connectivity index (χ0) is 21.5. The first kappa shape index (κ1) is 19.4. The Morgan fingerprint density at radius 2 is 1.78 bits per heavy atom. The molecular formula is C28H28N4. The summed E-state index contributed by atoms with van der Waals surface area (Å²) in [5.74, 6) is 1.19. The Bertz CT molecular complexity index is 1150. The van der Waals surface area contributed by atoms with Gasteiger partial charge in [-0.2, -0.15) is 0 Å². The van der Waals surface area contributed by atoms with Gasteiger partial charge in [-0.3, -0.25) is 0 Å². The van der Waals surface area contributed by atoms with Gasteiger partial charge in [-0.1, -0.05) is 78.9 Å². The Labute approximate surface area is 189 Å². The van der Waals surface area contributed by atoms with Crippen LogP contribution in [0.25, 0.3) is 0 Å². The molecule has 0 spiro atoms. The first-order valence-electron chi connectivity index (χ1n) is 11.6. The molecule has 2 heterocycles. The quantitative estimate of drug-likeness (QED) is 0.734. The summed E-state index contributed by atoms with van der Waals surface area (Å²) >= 11 is 0. The Hall–Kier alpha value is -3.24. The predicted octanol–water partition coefficient (Wildman–Crippen LogP) is 5.25. The molecular weight excluding hydrogens is 392 g/mol. The molecule has 0 amide bonds. The average molecular weight is 421 g/mol. The van der Waals surface area contributed by atoms with Gasteiger partial charge in [0.15, 0.2) is 0 Å². The van der Waals surface area contributed by atoms with E-state index in [-0.39, 0.29) is 17.6 Å². The molecule has 2 aromatic carbocycles. The first-order chi connectivity index (χ1) is 15.7. The summed E-state index contributed by atoms with van der Waals surface area (Å²) in [5.41, 5.74) is 11.0. The molecule has 160 valence electrons. The molecule has 2 aliphatic heterocycles. The molecule has 3 unspecified atom stereocenters. The lowest BCUT2D eigenvalue weighted by atomic mass is 9.72. The number of rotatable bonds is 4.